The van der Waals surface area contributed by atoms with E-state index in [1.165, 1.54) is 11.1 Å². The zero-order valence-electron chi connectivity index (χ0n) is 15.4. The van der Waals surface area contributed by atoms with Crippen molar-refractivity contribution in [3.63, 3.8) is 0 Å². The van der Waals surface area contributed by atoms with E-state index in [1.54, 1.807) is 0 Å². The number of guanidine groups is 1. The first kappa shape index (κ1) is 20.7. The molecule has 26 heavy (non-hydrogen) atoms. The molecule has 1 aliphatic heterocycles. The van der Waals surface area contributed by atoms with Crippen molar-refractivity contribution in [3.05, 3.63) is 41.5 Å². The van der Waals surface area contributed by atoms with Crippen LogP contribution >= 0.6 is 24.0 Å². The predicted molar refractivity (Wildman–Crippen MR) is 118 cm³/mol. The number of likely N-dealkylation sites (tertiary alicyclic amines) is 1. The van der Waals surface area contributed by atoms with Gasteiger partial charge in [-0.15, -0.1) is 24.0 Å². The summed E-state index contributed by atoms with van der Waals surface area (Å²) in [7, 11) is 0. The highest BCUT2D eigenvalue weighted by Gasteiger charge is 2.23. The van der Waals surface area contributed by atoms with Crippen molar-refractivity contribution in [1.82, 2.24) is 15.5 Å². The third-order valence-corrected chi connectivity index (χ3v) is 4.53. The highest BCUT2D eigenvalue weighted by atomic mass is 127. The highest BCUT2D eigenvalue weighted by molar-refractivity contribution is 14.0. The minimum absolute atomic E-state index is 0. The summed E-state index contributed by atoms with van der Waals surface area (Å²) in [5, 5.41) is 6.30. The van der Waals surface area contributed by atoms with Crippen molar-refractivity contribution < 1.29 is 4.79 Å². The Balaban J connectivity index is 0.00000243. The molecule has 0 aromatic heterocycles. The quantitative estimate of drug-likeness (QED) is 0.397. The second-order valence-electron chi connectivity index (χ2n) is 6.71. The van der Waals surface area contributed by atoms with Gasteiger partial charge in [0.05, 0.1) is 0 Å². The van der Waals surface area contributed by atoms with Gasteiger partial charge in [-0.2, -0.15) is 0 Å². The van der Waals surface area contributed by atoms with Crippen LogP contribution in [-0.2, 0) is 4.79 Å². The maximum Gasteiger partial charge on any atom is 0.242 e. The molecule has 1 heterocycles. The lowest BCUT2D eigenvalue weighted by atomic mass is 10.0. The van der Waals surface area contributed by atoms with E-state index in [4.69, 9.17) is 0 Å². The molecule has 2 fully saturated rings. The van der Waals surface area contributed by atoms with Gasteiger partial charge >= 0.3 is 0 Å². The summed E-state index contributed by atoms with van der Waals surface area (Å²) in [6.07, 6.45) is 6.59. The van der Waals surface area contributed by atoms with Gasteiger partial charge < -0.3 is 15.5 Å². The van der Waals surface area contributed by atoms with E-state index < -0.39 is 0 Å². The molecule has 142 valence electrons. The van der Waals surface area contributed by atoms with E-state index in [2.05, 4.69) is 57.8 Å². The van der Waals surface area contributed by atoms with E-state index in [9.17, 15) is 4.79 Å². The van der Waals surface area contributed by atoms with Crippen LogP contribution in [0.5, 0.6) is 0 Å². The van der Waals surface area contributed by atoms with Gasteiger partial charge in [-0.1, -0.05) is 42.0 Å². The van der Waals surface area contributed by atoms with Gasteiger partial charge in [0, 0.05) is 25.7 Å². The van der Waals surface area contributed by atoms with E-state index in [-0.39, 0.29) is 36.4 Å². The number of carbonyl (C=O) groups is 1. The Morgan fingerprint density at radius 1 is 1.23 bits per heavy atom. The second-order valence-corrected chi connectivity index (χ2v) is 6.71. The van der Waals surface area contributed by atoms with Crippen LogP contribution in [0.15, 0.2) is 40.9 Å². The molecule has 0 bridgehead atoms. The lowest BCUT2D eigenvalue weighted by Gasteiger charge is -2.31. The zero-order valence-corrected chi connectivity index (χ0v) is 17.7. The molecule has 1 aromatic carbocycles. The summed E-state index contributed by atoms with van der Waals surface area (Å²) in [4.78, 5) is 18.7. The summed E-state index contributed by atoms with van der Waals surface area (Å²) in [5.41, 5.74) is 2.74. The van der Waals surface area contributed by atoms with Crippen LogP contribution in [0.1, 0.15) is 38.2 Å². The maximum absolute atomic E-state index is 11.9. The van der Waals surface area contributed by atoms with Crippen molar-refractivity contribution in [1.29, 1.82) is 0 Å². The normalized spacial score (nSPS) is 17.3. The Morgan fingerprint density at radius 3 is 2.54 bits per heavy atom. The number of carbonyl (C=O) groups excluding carboxylic acids is 1. The molecule has 1 amide bonds. The number of nitrogens with zero attached hydrogens (tertiary/aromatic N) is 2. The van der Waals surface area contributed by atoms with Crippen LogP contribution in [-0.4, -0.2) is 49.0 Å². The van der Waals surface area contributed by atoms with E-state index >= 15 is 0 Å². The number of hydrogen-bond acceptors (Lipinski definition) is 2. The monoisotopic (exact) mass is 468 g/mol. The Bertz CT molecular complexity index is 630. The molecule has 3 rings (SSSR count). The lowest BCUT2D eigenvalue weighted by Crippen LogP contribution is -2.45. The molecule has 2 aliphatic rings. The van der Waals surface area contributed by atoms with Gasteiger partial charge in [0.15, 0.2) is 5.96 Å². The molecular formula is C20H29IN4O. The topological polar surface area (TPSA) is 56.7 Å². The van der Waals surface area contributed by atoms with Crippen LogP contribution in [0.4, 0.5) is 0 Å². The van der Waals surface area contributed by atoms with Gasteiger partial charge in [-0.05, 0) is 38.2 Å². The summed E-state index contributed by atoms with van der Waals surface area (Å²) in [6.45, 7) is 4.96. The van der Waals surface area contributed by atoms with Crippen LogP contribution in [0.2, 0.25) is 0 Å². The molecule has 5 nitrogen and oxygen atoms in total. The van der Waals surface area contributed by atoms with E-state index in [0.29, 0.717) is 6.04 Å². The third-order valence-electron chi connectivity index (χ3n) is 4.53. The number of amides is 1. The van der Waals surface area contributed by atoms with E-state index in [1.807, 2.05) is 6.07 Å². The Labute approximate surface area is 173 Å². The number of hydrogen-bond donors (Lipinski definition) is 2. The molecule has 6 heteroatoms. The van der Waals surface area contributed by atoms with Crippen molar-refractivity contribution in [3.8, 4) is 0 Å². The largest absolute Gasteiger partial charge is 0.357 e. The fourth-order valence-corrected chi connectivity index (χ4v) is 3.01. The molecule has 1 aromatic rings. The number of piperidine rings is 1. The van der Waals surface area contributed by atoms with Gasteiger partial charge in [0.2, 0.25) is 5.91 Å². The van der Waals surface area contributed by atoms with Gasteiger partial charge in [-0.3, -0.25) is 4.79 Å². The highest BCUT2D eigenvalue weighted by Crippen LogP contribution is 2.20. The van der Waals surface area contributed by atoms with Crippen molar-refractivity contribution in [2.45, 2.75) is 38.6 Å². The Morgan fingerprint density at radius 2 is 1.92 bits per heavy atom. The molecule has 0 unspecified atom stereocenters. The summed E-state index contributed by atoms with van der Waals surface area (Å²) in [5.74, 6) is 0.881. The minimum atomic E-state index is 0. The van der Waals surface area contributed by atoms with Crippen molar-refractivity contribution >= 4 is 41.9 Å². The average Bonchev–Trinajstić information content (AvgIpc) is 3.44. The standard InChI is InChI=1S/C20H28N4O.HI/c1-2-21-20(22-15-19(25)23-18-8-9-18)24-12-10-17(11-13-24)14-16-6-4-3-5-7-16;/h3-7,14,18H,2,8-13,15H2,1H3,(H,21,22)(H,23,25);1H. The number of benzene rings is 1. The molecule has 0 radical (unpaired) electrons. The fourth-order valence-electron chi connectivity index (χ4n) is 3.01. The van der Waals surface area contributed by atoms with E-state index in [0.717, 1.165) is 51.3 Å². The number of halogens is 1. The van der Waals surface area contributed by atoms with Crippen LogP contribution < -0.4 is 10.6 Å². The van der Waals surface area contributed by atoms with Gasteiger partial charge in [0.25, 0.3) is 0 Å². The van der Waals surface area contributed by atoms with Crippen LogP contribution in [0.3, 0.4) is 0 Å². The number of aliphatic imine (C=N–C) groups is 1. The molecule has 1 saturated heterocycles. The lowest BCUT2D eigenvalue weighted by molar-refractivity contribution is -0.119. The smallest absolute Gasteiger partial charge is 0.242 e. The molecule has 0 atom stereocenters. The second kappa shape index (κ2) is 10.5. The summed E-state index contributed by atoms with van der Waals surface area (Å²) >= 11 is 0. The van der Waals surface area contributed by atoms with Gasteiger partial charge in [-0.25, -0.2) is 4.99 Å². The first-order chi connectivity index (χ1) is 12.2. The van der Waals surface area contributed by atoms with Crippen LogP contribution in [0, 0.1) is 0 Å². The fraction of sp³-hybridized carbons (Fsp3) is 0.500. The number of nitrogens with one attached hydrogen (secondary N) is 2. The Hall–Kier alpha value is -1.57. The zero-order chi connectivity index (χ0) is 17.5. The van der Waals surface area contributed by atoms with Crippen LogP contribution in [0.25, 0.3) is 6.08 Å². The molecular weight excluding hydrogens is 439 g/mol. The summed E-state index contributed by atoms with van der Waals surface area (Å²) < 4.78 is 0. The predicted octanol–water partition coefficient (Wildman–Crippen LogP) is 3.03. The van der Waals surface area contributed by atoms with Crippen molar-refractivity contribution in [2.24, 2.45) is 4.99 Å². The molecule has 2 N–H and O–H groups in total. The molecule has 0 spiro atoms. The van der Waals surface area contributed by atoms with Crippen molar-refractivity contribution in [2.75, 3.05) is 26.2 Å². The maximum atomic E-state index is 11.9. The number of rotatable bonds is 5. The molecule has 1 aliphatic carbocycles. The Kier molecular flexibility index (Phi) is 8.41. The molecule has 1 saturated carbocycles. The first-order valence-corrected chi connectivity index (χ1v) is 9.31. The third kappa shape index (κ3) is 6.63. The average molecular weight is 468 g/mol. The van der Waals surface area contributed by atoms with Gasteiger partial charge in [0.1, 0.15) is 6.54 Å². The minimum Gasteiger partial charge on any atom is -0.357 e. The SMILES string of the molecule is CCNC(=NCC(=O)NC1CC1)N1CCC(=Cc2ccccc2)CC1.I. The summed E-state index contributed by atoms with van der Waals surface area (Å²) in [6, 6.07) is 10.9. The first-order valence-electron chi connectivity index (χ1n) is 9.31.